The monoisotopic (exact) mass is 281 g/mol. The number of aromatic hydroxyl groups is 1. The van der Waals surface area contributed by atoms with Crippen LogP contribution < -0.4 is 5.32 Å². The van der Waals surface area contributed by atoms with Gasteiger partial charge in [0.1, 0.15) is 24.1 Å². The number of nitrogens with one attached hydrogen (secondary N) is 1. The molecule has 0 aliphatic carbocycles. The third-order valence-electron chi connectivity index (χ3n) is 2.37. The number of carbonyl (C=O) groups excluding carboxylic acids is 2. The average molecular weight is 281 g/mol. The summed E-state index contributed by atoms with van der Waals surface area (Å²) < 4.78 is 9.29. The molecule has 1 atom stereocenters. The van der Waals surface area contributed by atoms with Crippen molar-refractivity contribution in [3.05, 3.63) is 29.8 Å². The van der Waals surface area contributed by atoms with E-state index in [1.807, 2.05) is 20.8 Å². The Bertz CT molecular complexity index is 450. The van der Waals surface area contributed by atoms with Crippen molar-refractivity contribution in [1.29, 1.82) is 0 Å². The van der Waals surface area contributed by atoms with E-state index >= 15 is 0 Å². The molecule has 20 heavy (non-hydrogen) atoms. The molecule has 1 heterocycles. The molecule has 110 valence electrons. The molecular formula is C14H19NO5. The maximum Gasteiger partial charge on any atom is 0.329 e. The van der Waals surface area contributed by atoms with Crippen LogP contribution >= 0.6 is 0 Å². The van der Waals surface area contributed by atoms with Gasteiger partial charge in [-0.25, -0.2) is 4.79 Å². The van der Waals surface area contributed by atoms with Gasteiger partial charge >= 0.3 is 5.97 Å². The Kier molecular flexibility index (Phi) is 5.52. The Balaban J connectivity index is 0.000000246. The van der Waals surface area contributed by atoms with Crippen molar-refractivity contribution in [3.63, 3.8) is 0 Å². The fourth-order valence-electron chi connectivity index (χ4n) is 1.43. The molecule has 2 rings (SSSR count). The van der Waals surface area contributed by atoms with Crippen molar-refractivity contribution in [1.82, 2.24) is 5.32 Å². The van der Waals surface area contributed by atoms with Crippen LogP contribution in [-0.4, -0.2) is 29.9 Å². The molecule has 0 saturated carbocycles. The van der Waals surface area contributed by atoms with E-state index in [-0.39, 0.29) is 30.1 Å². The molecule has 0 aromatic heterocycles. The van der Waals surface area contributed by atoms with Gasteiger partial charge in [0, 0.05) is 0 Å². The van der Waals surface area contributed by atoms with Gasteiger partial charge in [-0.3, -0.25) is 10.1 Å². The maximum absolute atomic E-state index is 11.1. The van der Waals surface area contributed by atoms with E-state index in [1.165, 1.54) is 0 Å². The van der Waals surface area contributed by atoms with Gasteiger partial charge in [-0.15, -0.1) is 0 Å². The highest BCUT2D eigenvalue weighted by Gasteiger charge is 2.26. The Morgan fingerprint density at radius 1 is 1.35 bits per heavy atom. The second-order valence-corrected chi connectivity index (χ2v) is 5.16. The summed E-state index contributed by atoms with van der Waals surface area (Å²) in [5.41, 5.74) is 0.488. The quantitative estimate of drug-likeness (QED) is 0.631. The lowest BCUT2D eigenvalue weighted by molar-refractivity contribution is -0.139. The number of rotatable bonds is 2. The minimum atomic E-state index is -0.388. The number of hydrogen-bond donors (Lipinski definition) is 2. The first-order valence-electron chi connectivity index (χ1n) is 6.14. The molecule has 6 nitrogen and oxygen atoms in total. The van der Waals surface area contributed by atoms with Crippen LogP contribution in [0, 0.1) is 0 Å². The highest BCUT2D eigenvalue weighted by molar-refractivity contribution is 5.79. The highest BCUT2D eigenvalue weighted by Crippen LogP contribution is 2.20. The molecular weight excluding hydrogens is 262 g/mol. The van der Waals surface area contributed by atoms with Gasteiger partial charge < -0.3 is 14.6 Å². The van der Waals surface area contributed by atoms with Gasteiger partial charge in [-0.2, -0.15) is 0 Å². The van der Waals surface area contributed by atoms with Crippen LogP contribution in [-0.2, 0) is 19.1 Å². The summed E-state index contributed by atoms with van der Waals surface area (Å²) in [5.74, 6) is -0.0826. The number of benzene rings is 1. The number of esters is 1. The third kappa shape index (κ3) is 5.27. The maximum atomic E-state index is 11.1. The normalized spacial score (nSPS) is 17.8. The fourth-order valence-corrected chi connectivity index (χ4v) is 1.43. The molecule has 6 heteroatoms. The summed E-state index contributed by atoms with van der Waals surface area (Å²) in [6.45, 7) is 6.18. The topological polar surface area (TPSA) is 84.9 Å². The van der Waals surface area contributed by atoms with E-state index in [0.717, 1.165) is 5.56 Å². The van der Waals surface area contributed by atoms with Crippen LogP contribution in [0.5, 0.6) is 5.75 Å². The lowest BCUT2D eigenvalue weighted by Crippen LogP contribution is -2.17. The summed E-state index contributed by atoms with van der Waals surface area (Å²) in [7, 11) is 0. The van der Waals surface area contributed by atoms with Crippen molar-refractivity contribution >= 4 is 12.4 Å². The average Bonchev–Trinajstić information content (AvgIpc) is 2.76. The molecule has 0 amide bonds. The van der Waals surface area contributed by atoms with Gasteiger partial charge in [-0.05, 0) is 38.5 Å². The first-order chi connectivity index (χ1) is 9.33. The van der Waals surface area contributed by atoms with E-state index in [9.17, 15) is 9.59 Å². The van der Waals surface area contributed by atoms with Crippen LogP contribution in [0.15, 0.2) is 24.3 Å². The lowest BCUT2D eigenvalue weighted by Gasteiger charge is -2.14. The molecule has 1 aromatic carbocycles. The number of cyclic esters (lactones) is 1. The predicted octanol–water partition coefficient (Wildman–Crippen LogP) is 1.50. The molecule has 1 saturated heterocycles. The van der Waals surface area contributed by atoms with Crippen LogP contribution in [0.4, 0.5) is 0 Å². The summed E-state index contributed by atoms with van der Waals surface area (Å²) in [6.07, 6.45) is 0. The van der Waals surface area contributed by atoms with Crippen molar-refractivity contribution in [2.24, 2.45) is 0 Å². The summed E-state index contributed by atoms with van der Waals surface area (Å²) >= 11 is 0. The van der Waals surface area contributed by atoms with E-state index in [4.69, 9.17) is 9.84 Å². The summed E-state index contributed by atoms with van der Waals surface area (Å²) in [6, 6.07) is 6.09. The predicted molar refractivity (Wildman–Crippen MR) is 71.8 cm³/mol. The second kappa shape index (κ2) is 6.91. The molecule has 2 N–H and O–H groups in total. The van der Waals surface area contributed by atoms with Gasteiger partial charge in [0.25, 0.3) is 6.47 Å². The number of carbonyl (C=O) groups is 2. The highest BCUT2D eigenvalue weighted by atomic mass is 16.6. The standard InChI is InChI=1S/C9H9NO3.C5H10O2/c11-7-3-1-6(2-4-7)8-9(12)13-5-10-8;1-5(2,3)7-4-6/h1-4,8,10-11H,5H2;4H,1-3H3. The van der Waals surface area contributed by atoms with Crippen LogP contribution in [0.1, 0.15) is 32.4 Å². The molecule has 1 aliphatic rings. The van der Waals surface area contributed by atoms with Crippen LogP contribution in [0.3, 0.4) is 0 Å². The van der Waals surface area contributed by atoms with Gasteiger partial charge in [0.05, 0.1) is 0 Å². The minimum absolute atomic E-state index is 0.190. The summed E-state index contributed by atoms with van der Waals surface area (Å²) in [4.78, 5) is 20.7. The van der Waals surface area contributed by atoms with E-state index in [2.05, 4.69) is 10.1 Å². The third-order valence-corrected chi connectivity index (χ3v) is 2.37. The van der Waals surface area contributed by atoms with Gasteiger partial charge in [0.15, 0.2) is 0 Å². The Hall–Kier alpha value is -2.08. The molecule has 1 aliphatic heterocycles. The zero-order chi connectivity index (χ0) is 15.2. The van der Waals surface area contributed by atoms with E-state index in [0.29, 0.717) is 6.47 Å². The van der Waals surface area contributed by atoms with E-state index in [1.54, 1.807) is 24.3 Å². The molecule has 1 fully saturated rings. The zero-order valence-corrected chi connectivity index (χ0v) is 11.8. The number of hydrogen-bond acceptors (Lipinski definition) is 6. The number of ether oxygens (including phenoxy) is 2. The van der Waals surface area contributed by atoms with Gasteiger partial charge in [-0.1, -0.05) is 12.1 Å². The second-order valence-electron chi connectivity index (χ2n) is 5.16. The molecule has 1 aromatic rings. The van der Waals surface area contributed by atoms with Gasteiger partial charge in [0.2, 0.25) is 0 Å². The fraction of sp³-hybridized carbons (Fsp3) is 0.429. The largest absolute Gasteiger partial charge is 0.508 e. The zero-order valence-electron chi connectivity index (χ0n) is 11.8. The Labute approximate surface area is 117 Å². The first kappa shape index (κ1) is 16.0. The van der Waals surface area contributed by atoms with Crippen molar-refractivity contribution < 1.29 is 24.2 Å². The molecule has 0 radical (unpaired) electrons. The van der Waals surface area contributed by atoms with E-state index < -0.39 is 0 Å². The number of phenols is 1. The molecule has 0 spiro atoms. The first-order valence-corrected chi connectivity index (χ1v) is 6.14. The van der Waals surface area contributed by atoms with Crippen LogP contribution in [0.25, 0.3) is 0 Å². The number of phenolic OH excluding ortho intramolecular Hbond substituents is 1. The Morgan fingerprint density at radius 2 is 1.95 bits per heavy atom. The smallest absolute Gasteiger partial charge is 0.329 e. The minimum Gasteiger partial charge on any atom is -0.508 e. The summed E-state index contributed by atoms with van der Waals surface area (Å²) in [5, 5.41) is 11.9. The van der Waals surface area contributed by atoms with Crippen molar-refractivity contribution in [2.45, 2.75) is 32.4 Å². The lowest BCUT2D eigenvalue weighted by atomic mass is 10.1. The molecule has 1 unspecified atom stereocenters. The van der Waals surface area contributed by atoms with Crippen molar-refractivity contribution in [3.8, 4) is 5.75 Å². The molecule has 0 bridgehead atoms. The Morgan fingerprint density at radius 3 is 2.30 bits per heavy atom. The van der Waals surface area contributed by atoms with Crippen molar-refractivity contribution in [2.75, 3.05) is 6.73 Å². The SMILES string of the molecule is CC(C)(C)OC=O.O=C1OCNC1c1ccc(O)cc1. The van der Waals surface area contributed by atoms with Crippen LogP contribution in [0.2, 0.25) is 0 Å².